The second-order valence-electron chi connectivity index (χ2n) is 7.22. The summed E-state index contributed by atoms with van der Waals surface area (Å²) in [4.78, 5) is 24.4. The molecule has 1 unspecified atom stereocenters. The summed E-state index contributed by atoms with van der Waals surface area (Å²) < 4.78 is 62.3. The molecule has 0 saturated carbocycles. The van der Waals surface area contributed by atoms with Gasteiger partial charge >= 0.3 is 12.3 Å². The van der Waals surface area contributed by atoms with Gasteiger partial charge in [0.25, 0.3) is 11.5 Å². The average Bonchev–Trinajstić information content (AvgIpc) is 3.17. The van der Waals surface area contributed by atoms with E-state index < -0.39 is 41.7 Å². The van der Waals surface area contributed by atoms with Gasteiger partial charge in [-0.3, -0.25) is 10.1 Å². The Balaban J connectivity index is 1.75. The number of hydrogen-bond donors (Lipinski definition) is 2. The standard InChI is InChI=1S/C21H16F4N4O3/c1-12-9-27-29(10-12)15-6-7-17-16(8-15)20(21(23,24)25,32-19(31)28-17)11-26-18(30)13-2-4-14(22)5-3-13/h2-10H,11H2,1H3,(H,26,30)(H,28,31). The number of aryl methyl sites for hydroxylation is 1. The van der Waals surface area contributed by atoms with Crippen molar-refractivity contribution in [2.45, 2.75) is 18.7 Å². The van der Waals surface area contributed by atoms with Crippen LogP contribution in [0.15, 0.2) is 54.9 Å². The number of halogens is 4. The maximum Gasteiger partial charge on any atom is 0.434 e. The lowest BCUT2D eigenvalue weighted by molar-refractivity contribution is -0.261. The van der Waals surface area contributed by atoms with Crippen molar-refractivity contribution in [3.8, 4) is 5.69 Å². The Morgan fingerprint density at radius 3 is 2.56 bits per heavy atom. The van der Waals surface area contributed by atoms with Crippen molar-refractivity contribution in [1.82, 2.24) is 15.1 Å². The molecule has 2 aromatic carbocycles. The molecule has 7 nitrogen and oxygen atoms in total. The van der Waals surface area contributed by atoms with Crippen LogP contribution >= 0.6 is 0 Å². The highest BCUT2D eigenvalue weighted by Crippen LogP contribution is 2.47. The van der Waals surface area contributed by atoms with Crippen LogP contribution < -0.4 is 10.6 Å². The molecule has 32 heavy (non-hydrogen) atoms. The molecule has 0 saturated heterocycles. The number of cyclic esters (lactones) is 1. The van der Waals surface area contributed by atoms with Crippen molar-refractivity contribution < 1.29 is 31.9 Å². The highest BCUT2D eigenvalue weighted by atomic mass is 19.4. The summed E-state index contributed by atoms with van der Waals surface area (Å²) in [7, 11) is 0. The van der Waals surface area contributed by atoms with E-state index in [0.29, 0.717) is 5.69 Å². The minimum atomic E-state index is -5.08. The summed E-state index contributed by atoms with van der Waals surface area (Å²) >= 11 is 0. The number of carbonyl (C=O) groups is 2. The number of anilines is 1. The van der Waals surface area contributed by atoms with E-state index in [4.69, 9.17) is 4.74 Å². The molecule has 0 spiro atoms. The summed E-state index contributed by atoms with van der Waals surface area (Å²) in [6, 6.07) is 8.27. The Morgan fingerprint density at radius 1 is 1.22 bits per heavy atom. The van der Waals surface area contributed by atoms with Crippen LogP contribution in [0.25, 0.3) is 5.69 Å². The smallest absolute Gasteiger partial charge is 0.426 e. The molecule has 11 heteroatoms. The predicted molar refractivity (Wildman–Crippen MR) is 105 cm³/mol. The maximum atomic E-state index is 14.4. The monoisotopic (exact) mass is 448 g/mol. The molecule has 0 aliphatic carbocycles. The summed E-state index contributed by atoms with van der Waals surface area (Å²) in [6.45, 7) is 0.685. The normalized spacial score (nSPS) is 17.8. The number of ether oxygens (including phenoxy) is 1. The molecule has 0 fully saturated rings. The van der Waals surface area contributed by atoms with E-state index in [1.807, 2.05) is 0 Å². The molecular formula is C21H16F4N4O3. The first-order valence-corrected chi connectivity index (χ1v) is 9.36. The van der Waals surface area contributed by atoms with Crippen LogP contribution in [0.3, 0.4) is 0 Å². The third-order valence-corrected chi connectivity index (χ3v) is 4.98. The number of aromatic nitrogens is 2. The van der Waals surface area contributed by atoms with Gasteiger partial charge in [0.1, 0.15) is 5.82 Å². The molecule has 1 atom stereocenters. The topological polar surface area (TPSA) is 85.2 Å². The van der Waals surface area contributed by atoms with E-state index in [0.717, 1.165) is 29.8 Å². The van der Waals surface area contributed by atoms with Gasteiger partial charge in [0.15, 0.2) is 0 Å². The lowest BCUT2D eigenvalue weighted by atomic mass is 9.89. The summed E-state index contributed by atoms with van der Waals surface area (Å²) in [6.07, 6.45) is -3.23. The number of nitrogens with one attached hydrogen (secondary N) is 2. The third-order valence-electron chi connectivity index (χ3n) is 4.98. The molecule has 4 rings (SSSR count). The molecule has 1 aliphatic heterocycles. The summed E-state index contributed by atoms with van der Waals surface area (Å²) in [5, 5.41) is 8.49. The number of fused-ring (bicyclic) bond motifs is 1. The highest BCUT2D eigenvalue weighted by molar-refractivity contribution is 5.94. The van der Waals surface area contributed by atoms with Crippen LogP contribution in [0.4, 0.5) is 28.0 Å². The molecule has 1 aromatic heterocycles. The molecule has 0 radical (unpaired) electrons. The van der Waals surface area contributed by atoms with Crippen molar-refractivity contribution in [2.24, 2.45) is 0 Å². The predicted octanol–water partition coefficient (Wildman–Crippen LogP) is 4.07. The maximum absolute atomic E-state index is 14.4. The second kappa shape index (κ2) is 7.66. The van der Waals surface area contributed by atoms with Gasteiger partial charge in [-0.05, 0) is 55.0 Å². The first kappa shape index (κ1) is 21.3. The van der Waals surface area contributed by atoms with Gasteiger partial charge in [-0.1, -0.05) is 0 Å². The Kier molecular flexibility index (Phi) is 5.11. The van der Waals surface area contributed by atoms with Gasteiger partial charge in [-0.25, -0.2) is 13.9 Å². The van der Waals surface area contributed by atoms with Crippen molar-refractivity contribution in [3.63, 3.8) is 0 Å². The minimum absolute atomic E-state index is 0.0509. The molecule has 1 aliphatic rings. The number of rotatable bonds is 4. The van der Waals surface area contributed by atoms with Crippen molar-refractivity contribution >= 4 is 17.7 Å². The highest BCUT2D eigenvalue weighted by Gasteiger charge is 2.62. The molecule has 3 aromatic rings. The van der Waals surface area contributed by atoms with E-state index in [2.05, 4.69) is 15.7 Å². The molecule has 2 heterocycles. The first-order valence-electron chi connectivity index (χ1n) is 9.36. The SMILES string of the molecule is Cc1cnn(-c2ccc3c(c2)C(CNC(=O)c2ccc(F)cc2)(C(F)(F)F)OC(=O)N3)c1. The van der Waals surface area contributed by atoms with Crippen molar-refractivity contribution in [3.05, 3.63) is 77.4 Å². The first-order chi connectivity index (χ1) is 15.1. The van der Waals surface area contributed by atoms with Gasteiger partial charge in [-0.2, -0.15) is 18.3 Å². The van der Waals surface area contributed by atoms with Crippen LogP contribution in [-0.2, 0) is 10.3 Å². The lowest BCUT2D eigenvalue weighted by Gasteiger charge is -2.39. The number of alkyl halides is 3. The van der Waals surface area contributed by atoms with Crippen LogP contribution in [0.5, 0.6) is 0 Å². The number of benzene rings is 2. The van der Waals surface area contributed by atoms with E-state index in [9.17, 15) is 27.2 Å². The van der Waals surface area contributed by atoms with Crippen LogP contribution in [0, 0.1) is 12.7 Å². The molecule has 2 amide bonds. The van der Waals surface area contributed by atoms with E-state index in [1.165, 1.54) is 29.1 Å². The molecule has 2 N–H and O–H groups in total. The van der Waals surface area contributed by atoms with Gasteiger partial charge in [0.2, 0.25) is 0 Å². The largest absolute Gasteiger partial charge is 0.434 e. The second-order valence-corrected chi connectivity index (χ2v) is 7.22. The number of amides is 2. The zero-order valence-electron chi connectivity index (χ0n) is 16.5. The Morgan fingerprint density at radius 2 is 1.94 bits per heavy atom. The minimum Gasteiger partial charge on any atom is -0.426 e. The van der Waals surface area contributed by atoms with Crippen molar-refractivity contribution in [2.75, 3.05) is 11.9 Å². The zero-order valence-corrected chi connectivity index (χ0v) is 16.5. The number of hydrogen-bond acceptors (Lipinski definition) is 4. The van der Waals surface area contributed by atoms with E-state index in [-0.39, 0.29) is 11.3 Å². The molecule has 166 valence electrons. The van der Waals surface area contributed by atoms with Crippen LogP contribution in [0.1, 0.15) is 21.5 Å². The molecule has 0 bridgehead atoms. The van der Waals surface area contributed by atoms with Crippen molar-refractivity contribution in [1.29, 1.82) is 0 Å². The summed E-state index contributed by atoms with van der Waals surface area (Å²) in [5.74, 6) is -1.49. The zero-order chi connectivity index (χ0) is 23.1. The fraction of sp³-hybridized carbons (Fsp3) is 0.190. The Bertz CT molecular complexity index is 1190. The lowest BCUT2D eigenvalue weighted by Crippen LogP contribution is -2.56. The van der Waals surface area contributed by atoms with Crippen LogP contribution in [-0.4, -0.2) is 34.5 Å². The Labute approximate surface area is 179 Å². The van der Waals surface area contributed by atoms with Crippen LogP contribution in [0.2, 0.25) is 0 Å². The van der Waals surface area contributed by atoms with Gasteiger partial charge < -0.3 is 10.1 Å². The number of nitrogens with zero attached hydrogens (tertiary/aromatic N) is 2. The quantitative estimate of drug-likeness (QED) is 0.590. The number of carbonyl (C=O) groups excluding carboxylic acids is 2. The van der Waals surface area contributed by atoms with Gasteiger partial charge in [-0.15, -0.1) is 0 Å². The third kappa shape index (κ3) is 3.77. The fourth-order valence-electron chi connectivity index (χ4n) is 3.37. The Hall–Kier alpha value is -3.89. The average molecular weight is 448 g/mol. The molecular weight excluding hydrogens is 432 g/mol. The summed E-state index contributed by atoms with van der Waals surface area (Å²) in [5.41, 5.74) is -2.61. The van der Waals surface area contributed by atoms with E-state index in [1.54, 1.807) is 13.1 Å². The van der Waals surface area contributed by atoms with E-state index >= 15 is 0 Å². The fourth-order valence-corrected chi connectivity index (χ4v) is 3.37. The van der Waals surface area contributed by atoms with Gasteiger partial charge in [0, 0.05) is 17.3 Å². The van der Waals surface area contributed by atoms with Gasteiger partial charge in [0.05, 0.1) is 24.1 Å².